The predicted molar refractivity (Wildman–Crippen MR) is 93.7 cm³/mol. The van der Waals surface area contributed by atoms with E-state index in [0.717, 1.165) is 0 Å². The molecule has 0 amide bonds. The van der Waals surface area contributed by atoms with Gasteiger partial charge in [-0.2, -0.15) is 0 Å². The van der Waals surface area contributed by atoms with Crippen molar-refractivity contribution in [2.24, 2.45) is 11.5 Å². The Morgan fingerprint density at radius 2 is 1.40 bits per heavy atom. The summed E-state index contributed by atoms with van der Waals surface area (Å²) < 4.78 is 0. The van der Waals surface area contributed by atoms with Gasteiger partial charge in [-0.05, 0) is 18.2 Å². The molecule has 0 radical (unpaired) electrons. The van der Waals surface area contributed by atoms with E-state index in [0.29, 0.717) is 59.8 Å². The third-order valence-electron chi connectivity index (χ3n) is 3.89. The van der Waals surface area contributed by atoms with Gasteiger partial charge < -0.3 is 23.5 Å². The normalized spacial score (nSPS) is 12.1. The van der Waals surface area contributed by atoms with E-state index in [4.69, 9.17) is 11.5 Å². The molecule has 0 saturated heterocycles. The molecule has 1 aliphatic rings. The second-order valence-electron chi connectivity index (χ2n) is 5.42. The van der Waals surface area contributed by atoms with E-state index < -0.39 is 0 Å². The average Bonchev–Trinajstić information content (AvgIpc) is 2.62. The summed E-state index contributed by atoms with van der Waals surface area (Å²) in [6.07, 6.45) is 2.95. The van der Waals surface area contributed by atoms with Gasteiger partial charge in [0.1, 0.15) is 0 Å². The van der Waals surface area contributed by atoms with Crippen LogP contribution in [0.25, 0.3) is 0 Å². The maximum atomic E-state index is 13.0. The molecule has 7 nitrogen and oxygen atoms in total. The zero-order chi connectivity index (χ0) is 17.1. The second kappa shape index (κ2) is 8.55. The number of anilines is 2. The summed E-state index contributed by atoms with van der Waals surface area (Å²) in [6.45, 7) is 1.85. The molecule has 0 bridgehead atoms. The number of ketones is 2. The number of carbonyl (C=O) groups excluding carboxylic acids is 2. The Labute approximate surface area is 169 Å². The monoisotopic (exact) mass is 349 g/mol. The van der Waals surface area contributed by atoms with Gasteiger partial charge in [-0.1, -0.05) is 0 Å². The van der Waals surface area contributed by atoms with Crippen LogP contribution in [0.15, 0.2) is 30.6 Å². The number of nitrogens with two attached hydrogens (primary N) is 2. The summed E-state index contributed by atoms with van der Waals surface area (Å²) in [5.41, 5.74) is 13.7. The largest absolute Gasteiger partial charge is 1.00 e. The van der Waals surface area contributed by atoms with Crippen molar-refractivity contribution in [3.8, 4) is 0 Å². The third kappa shape index (κ3) is 3.61. The first kappa shape index (κ1) is 19.6. The van der Waals surface area contributed by atoms with Crippen LogP contribution in [-0.2, 0) is 0 Å². The fraction of sp³-hybridized carbons (Fsp3) is 0.235. The van der Waals surface area contributed by atoms with Gasteiger partial charge in [0.05, 0.1) is 16.7 Å². The van der Waals surface area contributed by atoms with Crippen LogP contribution in [0.3, 0.4) is 0 Å². The molecule has 0 saturated carbocycles. The molecule has 1 aromatic carbocycles. The van der Waals surface area contributed by atoms with Crippen molar-refractivity contribution in [1.29, 1.82) is 0 Å². The van der Waals surface area contributed by atoms with Crippen LogP contribution in [0, 0.1) is 0 Å². The molecule has 1 aromatic heterocycles. The van der Waals surface area contributed by atoms with Gasteiger partial charge in [0.2, 0.25) is 0 Å². The molecular weight excluding hydrogens is 329 g/mol. The molecule has 126 valence electrons. The zero-order valence-corrected chi connectivity index (χ0v) is 16.1. The summed E-state index contributed by atoms with van der Waals surface area (Å²) in [6, 6.07) is 5.13. The Morgan fingerprint density at radius 1 is 0.880 bits per heavy atom. The molecular formula is C17H20N5NaO2. The summed E-state index contributed by atoms with van der Waals surface area (Å²) in [7, 11) is 0. The van der Waals surface area contributed by atoms with Gasteiger partial charge in [0, 0.05) is 55.5 Å². The van der Waals surface area contributed by atoms with Crippen molar-refractivity contribution in [3.05, 3.63) is 52.8 Å². The van der Waals surface area contributed by atoms with Gasteiger partial charge >= 0.3 is 29.6 Å². The minimum Gasteiger partial charge on any atom is -1.00 e. The predicted octanol–water partition coefficient (Wildman–Crippen LogP) is -2.29. The van der Waals surface area contributed by atoms with Gasteiger partial charge in [-0.25, -0.2) is 0 Å². The standard InChI is InChI=1S/C17H19N5O2.Na.H/c18-4-7-21-12-1-2-13(22-8-5-19)15-14(12)16(23)10-3-6-20-9-11(10)17(15)24;;/h1-3,6,9,21-22H,4-5,7-8,18-19H2;;/q;+1;-1. The number of nitrogens with zero attached hydrogens (tertiary/aromatic N) is 1. The third-order valence-corrected chi connectivity index (χ3v) is 3.89. The molecule has 8 heteroatoms. The molecule has 6 N–H and O–H groups in total. The van der Waals surface area contributed by atoms with E-state index >= 15 is 0 Å². The van der Waals surface area contributed by atoms with E-state index in [1.807, 2.05) is 0 Å². The van der Waals surface area contributed by atoms with E-state index in [2.05, 4.69) is 15.6 Å². The number of benzene rings is 1. The molecule has 3 rings (SSSR count). The number of pyridine rings is 1. The molecule has 1 heterocycles. The van der Waals surface area contributed by atoms with Crippen molar-refractivity contribution in [2.45, 2.75) is 0 Å². The van der Waals surface area contributed by atoms with E-state index in [-0.39, 0.29) is 42.6 Å². The SMILES string of the molecule is NCCNc1ccc(NCCN)c2c1C(=O)c1ccncc1C2=O.[H-].[Na+]. The van der Waals surface area contributed by atoms with E-state index in [1.165, 1.54) is 12.4 Å². The maximum absolute atomic E-state index is 13.0. The minimum atomic E-state index is -0.219. The molecule has 0 fully saturated rings. The van der Waals surface area contributed by atoms with Crippen molar-refractivity contribution < 1.29 is 40.6 Å². The number of fused-ring (bicyclic) bond motifs is 2. The number of nitrogens with one attached hydrogen (secondary N) is 2. The Bertz CT molecular complexity index is 750. The first-order chi connectivity index (χ1) is 11.7. The number of aromatic nitrogens is 1. The fourth-order valence-electron chi connectivity index (χ4n) is 2.83. The van der Waals surface area contributed by atoms with Gasteiger partial charge in [-0.3, -0.25) is 14.6 Å². The summed E-state index contributed by atoms with van der Waals surface area (Å²) in [5, 5.41) is 6.24. The Balaban J connectivity index is 0.00000169. The number of hydrogen-bond donors (Lipinski definition) is 4. The van der Waals surface area contributed by atoms with Crippen molar-refractivity contribution in [2.75, 3.05) is 36.8 Å². The molecule has 2 aromatic rings. The van der Waals surface area contributed by atoms with Gasteiger partial charge in [-0.15, -0.1) is 0 Å². The van der Waals surface area contributed by atoms with Gasteiger partial charge in [0.15, 0.2) is 11.6 Å². The number of hydrogen-bond acceptors (Lipinski definition) is 7. The molecule has 0 atom stereocenters. The van der Waals surface area contributed by atoms with Crippen molar-refractivity contribution >= 4 is 22.9 Å². The van der Waals surface area contributed by atoms with Crippen molar-refractivity contribution in [1.82, 2.24) is 4.98 Å². The number of carbonyl (C=O) groups is 2. The van der Waals surface area contributed by atoms with Crippen molar-refractivity contribution in [3.63, 3.8) is 0 Å². The number of rotatable bonds is 6. The average molecular weight is 349 g/mol. The molecule has 0 aliphatic heterocycles. The fourth-order valence-corrected chi connectivity index (χ4v) is 2.83. The molecule has 0 spiro atoms. The van der Waals surface area contributed by atoms with Crippen LogP contribution in [-0.4, -0.2) is 42.7 Å². The van der Waals surface area contributed by atoms with Crippen LogP contribution in [0.1, 0.15) is 33.3 Å². The quantitative estimate of drug-likeness (QED) is 0.370. The smallest absolute Gasteiger partial charge is 1.00 e. The maximum Gasteiger partial charge on any atom is 1.00 e. The first-order valence-electron chi connectivity index (χ1n) is 7.77. The first-order valence-corrected chi connectivity index (χ1v) is 7.77. The molecule has 1 aliphatic carbocycles. The minimum absolute atomic E-state index is 0. The Hall–Kier alpha value is -1.77. The van der Waals surface area contributed by atoms with E-state index in [1.54, 1.807) is 18.2 Å². The molecule has 25 heavy (non-hydrogen) atoms. The summed E-state index contributed by atoms with van der Waals surface area (Å²) in [4.78, 5) is 29.9. The summed E-state index contributed by atoms with van der Waals surface area (Å²) >= 11 is 0. The summed E-state index contributed by atoms with van der Waals surface area (Å²) in [5.74, 6) is -0.415. The van der Waals surface area contributed by atoms with Crippen LogP contribution >= 0.6 is 0 Å². The van der Waals surface area contributed by atoms with Gasteiger partial charge in [0.25, 0.3) is 0 Å². The molecule has 0 unspecified atom stereocenters. The van der Waals surface area contributed by atoms with Crippen LogP contribution in [0.2, 0.25) is 0 Å². The van der Waals surface area contributed by atoms with E-state index in [9.17, 15) is 9.59 Å². The Kier molecular flexibility index (Phi) is 6.69. The van der Waals surface area contributed by atoms with Crippen LogP contribution in [0.5, 0.6) is 0 Å². The second-order valence-corrected chi connectivity index (χ2v) is 5.42. The van der Waals surface area contributed by atoms with Crippen LogP contribution in [0.4, 0.5) is 11.4 Å². The zero-order valence-electron chi connectivity index (χ0n) is 15.1. The Morgan fingerprint density at radius 3 is 1.92 bits per heavy atom. The van der Waals surface area contributed by atoms with Crippen LogP contribution < -0.4 is 51.7 Å². The topological polar surface area (TPSA) is 123 Å².